The maximum atomic E-state index is 12.2. The fourth-order valence-electron chi connectivity index (χ4n) is 1.91. The monoisotopic (exact) mass is 244 g/mol. The Bertz CT molecular complexity index is 459. The largest absolute Gasteiger partial charge is 0.269 e. The summed E-state index contributed by atoms with van der Waals surface area (Å²) in [4.78, 5) is 25.8. The molecule has 4 heteroatoms. The number of fused-ring (bicyclic) bond motifs is 1. The molecule has 0 fully saturated rings. The van der Waals surface area contributed by atoms with Crippen LogP contribution in [0.15, 0.2) is 24.3 Å². The molecule has 87 valence electrons. The second-order valence-electron chi connectivity index (χ2n) is 4.87. The minimum atomic E-state index is -0.552. The van der Waals surface area contributed by atoms with Crippen molar-refractivity contribution in [1.29, 1.82) is 0 Å². The molecule has 1 heterocycles. The first-order chi connectivity index (χ1) is 7.87. The predicted octanol–water partition coefficient (Wildman–Crippen LogP) is 2.04. The Labute approximate surface area is 104 Å². The number of imide groups is 1. The summed E-state index contributed by atoms with van der Waals surface area (Å²) in [6.45, 7) is 5.69. The van der Waals surface area contributed by atoms with E-state index < -0.39 is 5.54 Å². The molecule has 1 aromatic rings. The van der Waals surface area contributed by atoms with Crippen LogP contribution in [-0.2, 0) is 0 Å². The highest BCUT2D eigenvalue weighted by Gasteiger charge is 2.45. The van der Waals surface area contributed by atoms with Gasteiger partial charge in [-0.25, -0.2) is 0 Å². The summed E-state index contributed by atoms with van der Waals surface area (Å²) in [5, 5.41) is 0. The molecular weight excluding hydrogens is 230 g/mol. The zero-order chi connectivity index (χ0) is 12.8. The number of amides is 2. The smallest absolute Gasteiger partial charge is 0.262 e. The molecular formula is C13H14NO2Si. The summed E-state index contributed by atoms with van der Waals surface area (Å²) in [5.41, 5.74) is 0.463. The van der Waals surface area contributed by atoms with E-state index in [0.717, 1.165) is 0 Å². The number of hydrogen-bond donors (Lipinski definition) is 0. The molecule has 0 saturated carbocycles. The molecule has 3 radical (unpaired) electrons. The van der Waals surface area contributed by atoms with Crippen molar-refractivity contribution in [2.45, 2.75) is 31.9 Å². The SMILES string of the molecule is CC([Si])C(C)(C)N1C(=O)c2ccccc2C1=O. The Hall–Kier alpha value is -1.42. The van der Waals surface area contributed by atoms with Crippen molar-refractivity contribution in [2.24, 2.45) is 0 Å². The zero-order valence-corrected chi connectivity index (χ0v) is 11.2. The molecule has 0 bridgehead atoms. The number of carbonyl (C=O) groups excluding carboxylic acids is 2. The third-order valence-corrected chi connectivity index (χ3v) is 4.14. The van der Waals surface area contributed by atoms with Crippen LogP contribution in [-0.4, -0.2) is 32.5 Å². The Balaban J connectivity index is 2.50. The van der Waals surface area contributed by atoms with Crippen LogP contribution in [0.4, 0.5) is 0 Å². The molecule has 1 aromatic carbocycles. The molecule has 17 heavy (non-hydrogen) atoms. The normalized spacial score (nSPS) is 17.3. The van der Waals surface area contributed by atoms with Crippen LogP contribution in [0.1, 0.15) is 41.5 Å². The lowest BCUT2D eigenvalue weighted by atomic mass is 9.98. The maximum absolute atomic E-state index is 12.2. The fraction of sp³-hybridized carbons (Fsp3) is 0.385. The van der Waals surface area contributed by atoms with E-state index >= 15 is 0 Å². The van der Waals surface area contributed by atoms with Crippen LogP contribution in [0.5, 0.6) is 0 Å². The number of nitrogens with zero attached hydrogens (tertiary/aromatic N) is 1. The highest BCUT2D eigenvalue weighted by molar-refractivity contribution is 6.22. The van der Waals surface area contributed by atoms with Gasteiger partial charge in [-0.1, -0.05) is 19.1 Å². The van der Waals surface area contributed by atoms with Crippen molar-refractivity contribution in [3.05, 3.63) is 35.4 Å². The van der Waals surface area contributed by atoms with Crippen molar-refractivity contribution in [3.8, 4) is 0 Å². The van der Waals surface area contributed by atoms with Gasteiger partial charge >= 0.3 is 0 Å². The van der Waals surface area contributed by atoms with Gasteiger partial charge in [-0.2, -0.15) is 0 Å². The lowest BCUT2D eigenvalue weighted by Crippen LogP contribution is -2.49. The van der Waals surface area contributed by atoms with Crippen molar-refractivity contribution in [3.63, 3.8) is 0 Å². The van der Waals surface area contributed by atoms with Gasteiger partial charge in [0.15, 0.2) is 0 Å². The van der Waals surface area contributed by atoms with Crippen LogP contribution in [0.3, 0.4) is 0 Å². The van der Waals surface area contributed by atoms with Crippen LogP contribution < -0.4 is 0 Å². The summed E-state index contributed by atoms with van der Waals surface area (Å²) in [5.74, 6) is -0.415. The predicted molar refractivity (Wildman–Crippen MR) is 66.2 cm³/mol. The van der Waals surface area contributed by atoms with Gasteiger partial charge in [0.25, 0.3) is 11.8 Å². The Morgan fingerprint density at radius 3 is 1.88 bits per heavy atom. The van der Waals surface area contributed by atoms with Gasteiger partial charge in [0, 0.05) is 15.8 Å². The lowest BCUT2D eigenvalue weighted by Gasteiger charge is -2.37. The van der Waals surface area contributed by atoms with Gasteiger partial charge in [0.2, 0.25) is 0 Å². The number of rotatable bonds is 2. The first-order valence-corrected chi connectivity index (χ1v) is 6.14. The van der Waals surface area contributed by atoms with E-state index in [1.165, 1.54) is 4.90 Å². The standard InChI is InChI=1S/C13H14NO2Si/c1-8(17)13(2,3)14-11(15)9-6-4-5-7-10(9)12(14)16/h4-8H,1-3H3. The van der Waals surface area contributed by atoms with Crippen LogP contribution in [0, 0.1) is 0 Å². The molecule has 3 nitrogen and oxygen atoms in total. The average molecular weight is 244 g/mol. The summed E-state index contributed by atoms with van der Waals surface area (Å²) < 4.78 is 0. The van der Waals surface area contributed by atoms with E-state index in [1.807, 2.05) is 20.8 Å². The Morgan fingerprint density at radius 1 is 1.12 bits per heavy atom. The third kappa shape index (κ3) is 1.63. The highest BCUT2D eigenvalue weighted by atomic mass is 28.1. The molecule has 1 unspecified atom stereocenters. The highest BCUT2D eigenvalue weighted by Crippen LogP contribution is 2.34. The van der Waals surface area contributed by atoms with Crippen molar-refractivity contribution >= 4 is 22.1 Å². The molecule has 0 N–H and O–H groups in total. The van der Waals surface area contributed by atoms with Gasteiger partial charge in [-0.15, -0.1) is 0 Å². The van der Waals surface area contributed by atoms with Gasteiger partial charge in [-0.05, 0) is 31.5 Å². The molecule has 1 atom stereocenters. The molecule has 0 saturated heterocycles. The second-order valence-corrected chi connectivity index (χ2v) is 5.73. The summed E-state index contributed by atoms with van der Waals surface area (Å²) >= 11 is 0. The summed E-state index contributed by atoms with van der Waals surface area (Å²) in [7, 11) is 3.51. The Kier molecular flexibility index (Phi) is 2.70. The fourth-order valence-corrected chi connectivity index (χ4v) is 2.04. The lowest BCUT2D eigenvalue weighted by molar-refractivity contribution is 0.0475. The number of carbonyl (C=O) groups is 2. The molecule has 1 aliphatic rings. The van der Waals surface area contributed by atoms with E-state index in [2.05, 4.69) is 10.2 Å². The average Bonchev–Trinajstić information content (AvgIpc) is 2.52. The van der Waals surface area contributed by atoms with Crippen molar-refractivity contribution in [2.75, 3.05) is 0 Å². The molecule has 0 spiro atoms. The topological polar surface area (TPSA) is 37.4 Å². The Morgan fingerprint density at radius 2 is 1.53 bits per heavy atom. The molecule has 1 aliphatic heterocycles. The second kappa shape index (κ2) is 3.80. The molecule has 2 amide bonds. The third-order valence-electron chi connectivity index (χ3n) is 3.43. The van der Waals surface area contributed by atoms with Gasteiger partial charge in [-0.3, -0.25) is 14.5 Å². The first kappa shape index (κ1) is 12.0. The molecule has 0 aliphatic carbocycles. The van der Waals surface area contributed by atoms with E-state index in [9.17, 15) is 9.59 Å². The van der Waals surface area contributed by atoms with Crippen LogP contribution in [0.25, 0.3) is 0 Å². The quantitative estimate of drug-likeness (QED) is 0.590. The van der Waals surface area contributed by atoms with E-state index in [-0.39, 0.29) is 17.4 Å². The van der Waals surface area contributed by atoms with E-state index in [0.29, 0.717) is 11.1 Å². The van der Waals surface area contributed by atoms with E-state index in [4.69, 9.17) is 0 Å². The van der Waals surface area contributed by atoms with Gasteiger partial charge < -0.3 is 0 Å². The maximum Gasteiger partial charge on any atom is 0.262 e. The molecule has 0 aromatic heterocycles. The summed E-state index contributed by atoms with van der Waals surface area (Å²) in [6.07, 6.45) is 0. The van der Waals surface area contributed by atoms with Crippen LogP contribution in [0.2, 0.25) is 5.54 Å². The minimum Gasteiger partial charge on any atom is -0.269 e. The van der Waals surface area contributed by atoms with E-state index in [1.54, 1.807) is 24.3 Å². The summed E-state index contributed by atoms with van der Waals surface area (Å²) in [6, 6.07) is 6.95. The molecule has 2 rings (SSSR count). The minimum absolute atomic E-state index is 0.0183. The van der Waals surface area contributed by atoms with Crippen molar-refractivity contribution in [1.82, 2.24) is 4.90 Å². The number of hydrogen-bond acceptors (Lipinski definition) is 2. The van der Waals surface area contributed by atoms with Gasteiger partial charge in [0.1, 0.15) is 0 Å². The first-order valence-electron chi connectivity index (χ1n) is 5.56. The van der Waals surface area contributed by atoms with Crippen molar-refractivity contribution < 1.29 is 9.59 Å². The number of benzene rings is 1. The van der Waals surface area contributed by atoms with Crippen LogP contribution >= 0.6 is 0 Å². The van der Waals surface area contributed by atoms with Gasteiger partial charge in [0.05, 0.1) is 11.1 Å². The zero-order valence-electron chi connectivity index (χ0n) is 10.2.